The number of carbonyl (C=O) groups excluding carboxylic acids is 1. The van der Waals surface area contributed by atoms with Gasteiger partial charge in [-0.2, -0.15) is 13.4 Å². The summed E-state index contributed by atoms with van der Waals surface area (Å²) in [6.45, 7) is 3.13. The Morgan fingerprint density at radius 3 is 2.74 bits per heavy atom. The predicted octanol–water partition coefficient (Wildman–Crippen LogP) is 0.759. The first-order valence-electron chi connectivity index (χ1n) is 6.61. The Labute approximate surface area is 133 Å². The minimum absolute atomic E-state index is 0.0556. The van der Waals surface area contributed by atoms with Gasteiger partial charge in [0.1, 0.15) is 0 Å². The Morgan fingerprint density at radius 2 is 2.17 bits per heavy atom. The summed E-state index contributed by atoms with van der Waals surface area (Å²) in [6, 6.07) is 0.684. The number of H-pyrrole nitrogens is 1. The Morgan fingerprint density at radius 1 is 1.43 bits per heavy atom. The third-order valence-corrected chi connectivity index (χ3v) is 4.50. The number of urea groups is 1. The summed E-state index contributed by atoms with van der Waals surface area (Å²) in [4.78, 5) is 26.4. The molecule has 11 heteroatoms. The molecule has 2 heterocycles. The molecular formula is C12H16N6O4S. The SMILES string of the molecule is CCN(C(=O)Nc1nc(C)cc(OC)n1)S(=O)(=O)c1ncc[nH]1. The third-order valence-electron chi connectivity index (χ3n) is 2.78. The van der Waals surface area contributed by atoms with Crippen LogP contribution in [0.5, 0.6) is 5.88 Å². The molecule has 0 aliphatic rings. The van der Waals surface area contributed by atoms with Gasteiger partial charge in [-0.1, -0.05) is 0 Å². The van der Waals surface area contributed by atoms with Crippen molar-refractivity contribution < 1.29 is 17.9 Å². The van der Waals surface area contributed by atoms with Crippen molar-refractivity contribution in [2.45, 2.75) is 19.0 Å². The fraction of sp³-hybridized carbons (Fsp3) is 0.333. The number of carbonyl (C=O) groups is 1. The molecule has 10 nitrogen and oxygen atoms in total. The highest BCUT2D eigenvalue weighted by molar-refractivity contribution is 7.89. The number of amides is 2. The number of nitrogens with zero attached hydrogens (tertiary/aromatic N) is 4. The van der Waals surface area contributed by atoms with Crippen LogP contribution in [0.15, 0.2) is 23.6 Å². The summed E-state index contributed by atoms with van der Waals surface area (Å²) in [6.07, 6.45) is 2.64. The van der Waals surface area contributed by atoms with Crippen LogP contribution in [0.1, 0.15) is 12.6 Å². The van der Waals surface area contributed by atoms with Crippen LogP contribution in [0.25, 0.3) is 0 Å². The van der Waals surface area contributed by atoms with Crippen molar-refractivity contribution in [1.29, 1.82) is 0 Å². The average Bonchev–Trinajstić information content (AvgIpc) is 3.01. The second-order valence-corrected chi connectivity index (χ2v) is 6.15. The molecule has 0 aromatic carbocycles. The number of rotatable bonds is 5. The molecular weight excluding hydrogens is 324 g/mol. The summed E-state index contributed by atoms with van der Waals surface area (Å²) >= 11 is 0. The average molecular weight is 340 g/mol. The molecule has 0 aliphatic carbocycles. The van der Waals surface area contributed by atoms with Crippen LogP contribution in [0.2, 0.25) is 0 Å². The van der Waals surface area contributed by atoms with E-state index in [1.807, 2.05) is 0 Å². The van der Waals surface area contributed by atoms with Crippen LogP contribution in [0, 0.1) is 6.92 Å². The van der Waals surface area contributed by atoms with Gasteiger partial charge >= 0.3 is 16.1 Å². The first-order valence-corrected chi connectivity index (χ1v) is 8.05. The maximum absolute atomic E-state index is 12.4. The molecule has 0 aliphatic heterocycles. The van der Waals surface area contributed by atoms with E-state index in [0.29, 0.717) is 10.00 Å². The van der Waals surface area contributed by atoms with Gasteiger partial charge in [0.2, 0.25) is 17.0 Å². The number of sulfonamides is 1. The molecule has 2 rings (SSSR count). The van der Waals surface area contributed by atoms with Gasteiger partial charge in [0.25, 0.3) is 0 Å². The minimum atomic E-state index is -4.09. The van der Waals surface area contributed by atoms with Crippen molar-refractivity contribution in [3.8, 4) is 5.88 Å². The maximum Gasteiger partial charge on any atom is 0.338 e. The zero-order valence-electron chi connectivity index (χ0n) is 12.8. The molecule has 0 saturated carbocycles. The van der Waals surface area contributed by atoms with Crippen molar-refractivity contribution in [1.82, 2.24) is 24.2 Å². The number of nitrogens with one attached hydrogen (secondary N) is 2. The van der Waals surface area contributed by atoms with Gasteiger partial charge in [-0.25, -0.2) is 19.1 Å². The Balaban J connectivity index is 2.26. The first kappa shape index (κ1) is 16.7. The highest BCUT2D eigenvalue weighted by Gasteiger charge is 2.30. The summed E-state index contributed by atoms with van der Waals surface area (Å²) in [5, 5.41) is 2.02. The lowest BCUT2D eigenvalue weighted by Gasteiger charge is -2.19. The largest absolute Gasteiger partial charge is 0.481 e. The lowest BCUT2D eigenvalue weighted by molar-refractivity contribution is 0.236. The number of ether oxygens (including phenoxy) is 1. The summed E-state index contributed by atoms with van der Waals surface area (Å²) in [7, 11) is -2.66. The zero-order chi connectivity index (χ0) is 17.0. The quantitative estimate of drug-likeness (QED) is 0.821. The molecule has 2 amide bonds. The smallest absolute Gasteiger partial charge is 0.338 e. The number of aromatic nitrogens is 4. The number of aryl methyl sites for hydroxylation is 1. The molecule has 0 atom stereocenters. The van der Waals surface area contributed by atoms with E-state index in [4.69, 9.17) is 4.74 Å². The zero-order valence-corrected chi connectivity index (χ0v) is 13.6. The monoisotopic (exact) mass is 340 g/mol. The molecule has 0 saturated heterocycles. The Kier molecular flexibility index (Phi) is 4.79. The molecule has 0 unspecified atom stereocenters. The summed E-state index contributed by atoms with van der Waals surface area (Å²) < 4.78 is 30.3. The predicted molar refractivity (Wildman–Crippen MR) is 80.5 cm³/mol. The molecule has 2 N–H and O–H groups in total. The fourth-order valence-corrected chi connectivity index (χ4v) is 3.00. The van der Waals surface area contributed by atoms with E-state index in [2.05, 4.69) is 25.3 Å². The standard InChI is InChI=1S/C12H16N6O4S/c1-4-18(23(20,21)11-13-5-6-14-11)12(19)17-10-15-8(2)7-9(16-10)22-3/h5-7H,4H2,1-3H3,(H,13,14)(H,15,16,17,19). The van der Waals surface area contributed by atoms with E-state index in [-0.39, 0.29) is 23.5 Å². The van der Waals surface area contributed by atoms with E-state index in [1.54, 1.807) is 13.0 Å². The topological polar surface area (TPSA) is 130 Å². The normalized spacial score (nSPS) is 11.1. The summed E-state index contributed by atoms with van der Waals surface area (Å²) in [5.74, 6) is 0.199. The molecule has 0 radical (unpaired) electrons. The number of aromatic amines is 1. The number of imidazole rings is 1. The number of hydrogen-bond donors (Lipinski definition) is 2. The van der Waals surface area contributed by atoms with Crippen LogP contribution in [-0.4, -0.2) is 52.3 Å². The van der Waals surface area contributed by atoms with Crippen molar-refractivity contribution in [3.05, 3.63) is 24.2 Å². The van der Waals surface area contributed by atoms with Crippen LogP contribution in [-0.2, 0) is 10.0 Å². The van der Waals surface area contributed by atoms with Crippen LogP contribution < -0.4 is 10.1 Å². The molecule has 0 fully saturated rings. The van der Waals surface area contributed by atoms with Gasteiger partial charge in [-0.05, 0) is 13.8 Å². The highest BCUT2D eigenvalue weighted by atomic mass is 32.2. The van der Waals surface area contributed by atoms with E-state index >= 15 is 0 Å². The van der Waals surface area contributed by atoms with Gasteiger partial charge in [-0.15, -0.1) is 0 Å². The molecule has 2 aromatic heterocycles. The van der Waals surface area contributed by atoms with E-state index in [1.165, 1.54) is 26.4 Å². The molecule has 23 heavy (non-hydrogen) atoms. The van der Waals surface area contributed by atoms with Gasteiger partial charge in [0.05, 0.1) is 7.11 Å². The molecule has 124 valence electrons. The Hall–Kier alpha value is -2.69. The molecule has 0 spiro atoms. The fourth-order valence-electron chi connectivity index (χ4n) is 1.78. The Bertz CT molecular complexity index is 790. The summed E-state index contributed by atoms with van der Waals surface area (Å²) in [5.41, 5.74) is 0.559. The van der Waals surface area contributed by atoms with E-state index in [9.17, 15) is 13.2 Å². The number of anilines is 1. The van der Waals surface area contributed by atoms with E-state index in [0.717, 1.165) is 0 Å². The van der Waals surface area contributed by atoms with Gasteiger partial charge < -0.3 is 9.72 Å². The second-order valence-electron chi connectivity index (χ2n) is 4.37. The number of hydrogen-bond acceptors (Lipinski definition) is 7. The molecule has 0 bridgehead atoms. The van der Waals surface area contributed by atoms with Crippen molar-refractivity contribution in [2.24, 2.45) is 0 Å². The number of methoxy groups -OCH3 is 1. The second kappa shape index (κ2) is 6.60. The van der Waals surface area contributed by atoms with E-state index < -0.39 is 16.1 Å². The van der Waals surface area contributed by atoms with Crippen molar-refractivity contribution in [3.63, 3.8) is 0 Å². The lowest BCUT2D eigenvalue weighted by Crippen LogP contribution is -2.40. The minimum Gasteiger partial charge on any atom is -0.481 e. The highest BCUT2D eigenvalue weighted by Crippen LogP contribution is 2.15. The van der Waals surface area contributed by atoms with Gasteiger partial charge in [0, 0.05) is 30.7 Å². The molecule has 2 aromatic rings. The van der Waals surface area contributed by atoms with Crippen LogP contribution in [0.4, 0.5) is 10.7 Å². The van der Waals surface area contributed by atoms with Gasteiger partial charge in [-0.3, -0.25) is 5.32 Å². The lowest BCUT2D eigenvalue weighted by atomic mass is 10.4. The van der Waals surface area contributed by atoms with Crippen molar-refractivity contribution >= 4 is 22.0 Å². The maximum atomic E-state index is 12.4. The first-order chi connectivity index (χ1) is 10.9. The van der Waals surface area contributed by atoms with Crippen LogP contribution >= 0.6 is 0 Å². The van der Waals surface area contributed by atoms with Crippen molar-refractivity contribution in [2.75, 3.05) is 19.0 Å². The van der Waals surface area contributed by atoms with Crippen LogP contribution in [0.3, 0.4) is 0 Å². The van der Waals surface area contributed by atoms with Gasteiger partial charge in [0.15, 0.2) is 0 Å². The third kappa shape index (κ3) is 3.56.